The summed E-state index contributed by atoms with van der Waals surface area (Å²) in [6.07, 6.45) is 1.66. The lowest BCUT2D eigenvalue weighted by molar-refractivity contribution is -0.105. The van der Waals surface area contributed by atoms with Crippen molar-refractivity contribution >= 4 is 12.0 Å². The molecule has 0 aliphatic heterocycles. The van der Waals surface area contributed by atoms with Crippen molar-refractivity contribution in [2.75, 3.05) is 5.32 Å². The van der Waals surface area contributed by atoms with E-state index in [0.717, 1.165) is 18.4 Å². The van der Waals surface area contributed by atoms with Gasteiger partial charge in [-0.15, -0.1) is 0 Å². The van der Waals surface area contributed by atoms with Gasteiger partial charge in [0.2, 0.25) is 0 Å². The van der Waals surface area contributed by atoms with Gasteiger partial charge in [-0.1, -0.05) is 31.7 Å². The molecule has 0 radical (unpaired) electrons. The Kier molecular flexibility index (Phi) is 3.92. The van der Waals surface area contributed by atoms with Gasteiger partial charge in [0.05, 0.1) is 6.04 Å². The van der Waals surface area contributed by atoms with E-state index in [1.807, 2.05) is 37.3 Å². The van der Waals surface area contributed by atoms with Crippen LogP contribution in [0.5, 0.6) is 0 Å². The lowest BCUT2D eigenvalue weighted by Crippen LogP contribution is -2.21. The average Bonchev–Trinajstić information content (AvgIpc) is 2.26. The van der Waals surface area contributed by atoms with Crippen molar-refractivity contribution in [2.45, 2.75) is 19.4 Å². The predicted molar refractivity (Wildman–Crippen MR) is 59.3 cm³/mol. The monoisotopic (exact) mass is 189 g/mol. The van der Waals surface area contributed by atoms with Crippen molar-refractivity contribution in [3.05, 3.63) is 42.5 Å². The molecular weight excluding hydrogens is 174 g/mol. The van der Waals surface area contributed by atoms with Gasteiger partial charge in [0.25, 0.3) is 0 Å². The third-order valence-electron chi connectivity index (χ3n) is 2.12. The molecule has 1 atom stereocenters. The van der Waals surface area contributed by atoms with E-state index in [1.165, 1.54) is 0 Å². The van der Waals surface area contributed by atoms with Crippen LogP contribution in [-0.2, 0) is 4.79 Å². The molecule has 1 rings (SSSR count). The Hall–Kier alpha value is -1.57. The topological polar surface area (TPSA) is 29.1 Å². The minimum Gasteiger partial charge on any atom is -0.378 e. The molecule has 2 heteroatoms. The Labute approximate surface area is 84.6 Å². The first-order chi connectivity index (χ1) is 6.77. The van der Waals surface area contributed by atoms with Crippen molar-refractivity contribution in [3.63, 3.8) is 0 Å². The predicted octanol–water partition coefficient (Wildman–Crippen LogP) is 2.63. The van der Waals surface area contributed by atoms with Crippen LogP contribution < -0.4 is 5.32 Å². The van der Waals surface area contributed by atoms with Crippen LogP contribution in [0.4, 0.5) is 5.69 Å². The van der Waals surface area contributed by atoms with Gasteiger partial charge in [-0.3, -0.25) is 4.79 Å². The van der Waals surface area contributed by atoms with Gasteiger partial charge in [0.1, 0.15) is 6.29 Å². The first-order valence-corrected chi connectivity index (χ1v) is 4.73. The zero-order valence-corrected chi connectivity index (χ0v) is 8.36. The fraction of sp³-hybridized carbons (Fsp3) is 0.250. The third-order valence-corrected chi connectivity index (χ3v) is 2.12. The van der Waals surface area contributed by atoms with E-state index in [4.69, 9.17) is 0 Å². The third kappa shape index (κ3) is 2.73. The van der Waals surface area contributed by atoms with E-state index in [-0.39, 0.29) is 6.04 Å². The van der Waals surface area contributed by atoms with Crippen LogP contribution in [0.25, 0.3) is 0 Å². The van der Waals surface area contributed by atoms with Gasteiger partial charge in [0, 0.05) is 11.3 Å². The Morgan fingerprint density at radius 1 is 1.50 bits per heavy atom. The maximum atomic E-state index is 10.6. The highest BCUT2D eigenvalue weighted by Crippen LogP contribution is 2.12. The number of carbonyl (C=O) groups excluding carboxylic acids is 1. The summed E-state index contributed by atoms with van der Waals surface area (Å²) in [5.41, 5.74) is 1.61. The highest BCUT2D eigenvalue weighted by Gasteiger charge is 2.08. The summed E-state index contributed by atoms with van der Waals surface area (Å²) >= 11 is 0. The second-order valence-corrected chi connectivity index (χ2v) is 3.16. The fourth-order valence-corrected chi connectivity index (χ4v) is 1.27. The maximum absolute atomic E-state index is 10.6. The number of benzene rings is 1. The van der Waals surface area contributed by atoms with Crippen LogP contribution in [-0.4, -0.2) is 12.3 Å². The summed E-state index contributed by atoms with van der Waals surface area (Å²) in [4.78, 5) is 10.6. The number of hydrogen-bond donors (Lipinski definition) is 1. The average molecular weight is 189 g/mol. The summed E-state index contributed by atoms with van der Waals surface area (Å²) in [6.45, 7) is 5.73. The van der Waals surface area contributed by atoms with Gasteiger partial charge >= 0.3 is 0 Å². The SMILES string of the molecule is C=C(C=O)C(CC)Nc1ccccc1. The number of hydrogen-bond acceptors (Lipinski definition) is 2. The molecule has 0 bridgehead atoms. The van der Waals surface area contributed by atoms with Gasteiger partial charge in [-0.05, 0) is 18.6 Å². The second-order valence-electron chi connectivity index (χ2n) is 3.16. The lowest BCUT2D eigenvalue weighted by Gasteiger charge is -2.17. The number of rotatable bonds is 5. The Bertz CT molecular complexity index is 305. The molecule has 0 spiro atoms. The molecule has 1 aromatic rings. The van der Waals surface area contributed by atoms with Crippen molar-refractivity contribution in [1.82, 2.24) is 0 Å². The number of para-hydroxylation sites is 1. The van der Waals surface area contributed by atoms with Crippen molar-refractivity contribution in [1.29, 1.82) is 0 Å². The Morgan fingerprint density at radius 3 is 2.64 bits per heavy atom. The number of aldehydes is 1. The summed E-state index contributed by atoms with van der Waals surface area (Å²) < 4.78 is 0. The molecular formula is C12H15NO. The molecule has 0 aromatic heterocycles. The van der Waals surface area contributed by atoms with Gasteiger partial charge in [0.15, 0.2) is 0 Å². The zero-order valence-electron chi connectivity index (χ0n) is 8.36. The van der Waals surface area contributed by atoms with E-state index >= 15 is 0 Å². The molecule has 1 N–H and O–H groups in total. The standard InChI is InChI=1S/C12H15NO/c1-3-12(10(2)9-14)13-11-7-5-4-6-8-11/h4-9,12-13H,2-3H2,1H3. The van der Waals surface area contributed by atoms with Gasteiger partial charge in [-0.2, -0.15) is 0 Å². The quantitative estimate of drug-likeness (QED) is 0.570. The number of nitrogens with one attached hydrogen (secondary N) is 1. The molecule has 74 valence electrons. The fourth-order valence-electron chi connectivity index (χ4n) is 1.27. The molecule has 0 aliphatic carbocycles. The van der Waals surface area contributed by atoms with Crippen LogP contribution in [0.3, 0.4) is 0 Å². The molecule has 1 unspecified atom stereocenters. The maximum Gasteiger partial charge on any atom is 0.147 e. The minimum atomic E-state index is 0.0369. The highest BCUT2D eigenvalue weighted by atomic mass is 16.1. The van der Waals surface area contributed by atoms with E-state index in [0.29, 0.717) is 5.57 Å². The molecule has 0 saturated carbocycles. The lowest BCUT2D eigenvalue weighted by atomic mass is 10.1. The molecule has 0 fully saturated rings. The first-order valence-electron chi connectivity index (χ1n) is 4.73. The number of anilines is 1. The minimum absolute atomic E-state index is 0.0369. The van der Waals surface area contributed by atoms with Crippen LogP contribution in [0.2, 0.25) is 0 Å². The summed E-state index contributed by atoms with van der Waals surface area (Å²) in [5.74, 6) is 0. The largest absolute Gasteiger partial charge is 0.378 e. The second kappa shape index (κ2) is 5.22. The van der Waals surface area contributed by atoms with E-state index in [9.17, 15) is 4.79 Å². The Morgan fingerprint density at radius 2 is 2.14 bits per heavy atom. The van der Waals surface area contributed by atoms with Crippen LogP contribution in [0, 0.1) is 0 Å². The molecule has 14 heavy (non-hydrogen) atoms. The van der Waals surface area contributed by atoms with Crippen molar-refractivity contribution in [3.8, 4) is 0 Å². The first kappa shape index (κ1) is 10.5. The molecule has 2 nitrogen and oxygen atoms in total. The molecule has 0 saturated heterocycles. The van der Waals surface area contributed by atoms with E-state index < -0.39 is 0 Å². The smallest absolute Gasteiger partial charge is 0.147 e. The summed E-state index contributed by atoms with van der Waals surface area (Å²) in [6, 6.07) is 9.86. The molecule has 1 aromatic carbocycles. The number of carbonyl (C=O) groups is 1. The highest BCUT2D eigenvalue weighted by molar-refractivity contribution is 5.75. The van der Waals surface area contributed by atoms with Crippen LogP contribution in [0.15, 0.2) is 42.5 Å². The van der Waals surface area contributed by atoms with E-state index in [2.05, 4.69) is 11.9 Å². The van der Waals surface area contributed by atoms with Gasteiger partial charge < -0.3 is 5.32 Å². The van der Waals surface area contributed by atoms with Gasteiger partial charge in [-0.25, -0.2) is 0 Å². The van der Waals surface area contributed by atoms with E-state index in [1.54, 1.807) is 0 Å². The normalized spacial score (nSPS) is 11.8. The summed E-state index contributed by atoms with van der Waals surface area (Å²) in [5, 5.41) is 3.25. The molecule has 0 heterocycles. The van der Waals surface area contributed by atoms with Crippen LogP contribution >= 0.6 is 0 Å². The molecule has 0 aliphatic rings. The van der Waals surface area contributed by atoms with Crippen molar-refractivity contribution < 1.29 is 4.79 Å². The summed E-state index contributed by atoms with van der Waals surface area (Å²) in [7, 11) is 0. The van der Waals surface area contributed by atoms with Crippen molar-refractivity contribution in [2.24, 2.45) is 0 Å². The van der Waals surface area contributed by atoms with Crippen LogP contribution in [0.1, 0.15) is 13.3 Å². The Balaban J connectivity index is 2.66. The zero-order chi connectivity index (χ0) is 10.4. The molecule has 0 amide bonds.